The van der Waals surface area contributed by atoms with Crippen LogP contribution in [-0.4, -0.2) is 12.1 Å². The van der Waals surface area contributed by atoms with Gasteiger partial charge in [-0.1, -0.05) is 31.2 Å². The molecule has 0 heterocycles. The van der Waals surface area contributed by atoms with Crippen molar-refractivity contribution in [3.63, 3.8) is 0 Å². The predicted octanol–water partition coefficient (Wildman–Crippen LogP) is 4.26. The van der Waals surface area contributed by atoms with Crippen LogP contribution in [-0.2, 0) is 6.42 Å². The Morgan fingerprint density at radius 3 is 2.19 bits per heavy atom. The van der Waals surface area contributed by atoms with Crippen LogP contribution in [0.4, 0.5) is 0 Å². The minimum absolute atomic E-state index is 0.0219. The molecule has 2 rings (SSSR count). The van der Waals surface area contributed by atoms with Gasteiger partial charge in [-0.2, -0.15) is 0 Å². The van der Waals surface area contributed by atoms with E-state index in [4.69, 9.17) is 9.47 Å². The first-order chi connectivity index (χ1) is 10.1. The summed E-state index contributed by atoms with van der Waals surface area (Å²) in [6.45, 7) is 5.94. The molecule has 110 valence electrons. The number of para-hydroxylation sites is 2. The number of hydrogen-bond donors (Lipinski definition) is 0. The van der Waals surface area contributed by atoms with Crippen LogP contribution in [0, 0.1) is 0 Å². The van der Waals surface area contributed by atoms with Crippen molar-refractivity contribution in [3.05, 3.63) is 59.7 Å². The first-order valence-electron chi connectivity index (χ1n) is 7.17. The van der Waals surface area contributed by atoms with Gasteiger partial charge in [-0.25, -0.2) is 4.79 Å². The monoisotopic (exact) mass is 284 g/mol. The Bertz CT molecular complexity index is 600. The molecule has 0 amide bonds. The average Bonchev–Trinajstić information content (AvgIpc) is 2.49. The number of ether oxygens (including phenoxy) is 2. The molecule has 0 bridgehead atoms. The number of rotatable bonds is 5. The molecular weight excluding hydrogens is 264 g/mol. The topological polar surface area (TPSA) is 35.5 Å². The van der Waals surface area contributed by atoms with Crippen LogP contribution in [0.3, 0.4) is 0 Å². The van der Waals surface area contributed by atoms with E-state index in [2.05, 4.69) is 6.92 Å². The molecule has 0 radical (unpaired) electrons. The van der Waals surface area contributed by atoms with Crippen LogP contribution in [0.2, 0.25) is 0 Å². The normalized spacial score (nSPS) is 10.5. The average molecular weight is 284 g/mol. The van der Waals surface area contributed by atoms with Gasteiger partial charge in [0.15, 0.2) is 11.5 Å². The van der Waals surface area contributed by atoms with Gasteiger partial charge < -0.3 is 9.47 Å². The zero-order chi connectivity index (χ0) is 15.2. The lowest BCUT2D eigenvalue weighted by atomic mass is 10.1. The summed E-state index contributed by atoms with van der Waals surface area (Å²) in [7, 11) is 0. The van der Waals surface area contributed by atoms with Gasteiger partial charge in [0, 0.05) is 0 Å². The van der Waals surface area contributed by atoms with Crippen molar-refractivity contribution in [2.24, 2.45) is 0 Å². The maximum absolute atomic E-state index is 12.2. The van der Waals surface area contributed by atoms with Gasteiger partial charge in [0.05, 0.1) is 11.7 Å². The number of carbonyl (C=O) groups is 1. The van der Waals surface area contributed by atoms with Crippen molar-refractivity contribution in [2.45, 2.75) is 33.3 Å². The van der Waals surface area contributed by atoms with E-state index >= 15 is 0 Å². The van der Waals surface area contributed by atoms with Crippen molar-refractivity contribution in [3.8, 4) is 11.5 Å². The van der Waals surface area contributed by atoms with Crippen LogP contribution in [0.1, 0.15) is 36.7 Å². The lowest BCUT2D eigenvalue weighted by molar-refractivity contribution is 0.0725. The van der Waals surface area contributed by atoms with Crippen molar-refractivity contribution in [2.75, 3.05) is 0 Å². The van der Waals surface area contributed by atoms with E-state index < -0.39 is 0 Å². The van der Waals surface area contributed by atoms with E-state index in [1.807, 2.05) is 38.1 Å². The Morgan fingerprint density at radius 2 is 1.62 bits per heavy atom. The second-order valence-corrected chi connectivity index (χ2v) is 5.05. The second-order valence-electron chi connectivity index (χ2n) is 5.05. The molecule has 21 heavy (non-hydrogen) atoms. The zero-order valence-electron chi connectivity index (χ0n) is 12.6. The standard InChI is InChI=1S/C18H20O3/c1-4-14-9-11-15(12-10-14)18(19)21-17-8-6-5-7-16(17)20-13(2)3/h5-13H,4H2,1-3H3. The molecule has 2 aromatic rings. The van der Waals surface area contributed by atoms with Crippen molar-refractivity contribution in [1.82, 2.24) is 0 Å². The van der Waals surface area contributed by atoms with E-state index in [1.54, 1.807) is 24.3 Å². The van der Waals surface area contributed by atoms with E-state index in [0.717, 1.165) is 6.42 Å². The summed E-state index contributed by atoms with van der Waals surface area (Å²) in [5, 5.41) is 0. The maximum Gasteiger partial charge on any atom is 0.343 e. The van der Waals surface area contributed by atoms with Gasteiger partial charge in [-0.15, -0.1) is 0 Å². The fourth-order valence-electron chi connectivity index (χ4n) is 1.92. The van der Waals surface area contributed by atoms with Crippen LogP contribution in [0.5, 0.6) is 11.5 Å². The minimum Gasteiger partial charge on any atom is -0.487 e. The van der Waals surface area contributed by atoms with Crippen molar-refractivity contribution < 1.29 is 14.3 Å². The van der Waals surface area contributed by atoms with Crippen molar-refractivity contribution >= 4 is 5.97 Å². The zero-order valence-corrected chi connectivity index (χ0v) is 12.6. The van der Waals surface area contributed by atoms with E-state index in [1.165, 1.54) is 5.56 Å². The van der Waals surface area contributed by atoms with E-state index in [-0.39, 0.29) is 12.1 Å². The lowest BCUT2D eigenvalue weighted by Crippen LogP contribution is -2.11. The van der Waals surface area contributed by atoms with Crippen molar-refractivity contribution in [1.29, 1.82) is 0 Å². The highest BCUT2D eigenvalue weighted by atomic mass is 16.6. The second kappa shape index (κ2) is 6.93. The highest BCUT2D eigenvalue weighted by Gasteiger charge is 2.12. The minimum atomic E-state index is -0.377. The van der Waals surface area contributed by atoms with Gasteiger partial charge >= 0.3 is 5.97 Å². The summed E-state index contributed by atoms with van der Waals surface area (Å²) in [5.41, 5.74) is 1.72. The third-order valence-corrected chi connectivity index (χ3v) is 3.01. The molecule has 0 aliphatic heterocycles. The van der Waals surface area contributed by atoms with E-state index in [9.17, 15) is 4.79 Å². The largest absolute Gasteiger partial charge is 0.487 e. The van der Waals surface area contributed by atoms with Crippen LogP contribution in [0.25, 0.3) is 0 Å². The molecule has 3 heteroatoms. The summed E-state index contributed by atoms with van der Waals surface area (Å²) in [6, 6.07) is 14.6. The molecule has 0 spiro atoms. The molecule has 2 aromatic carbocycles. The summed E-state index contributed by atoms with van der Waals surface area (Å²) < 4.78 is 11.1. The Kier molecular flexibility index (Phi) is 4.99. The Hall–Kier alpha value is -2.29. The number of carbonyl (C=O) groups excluding carboxylic acids is 1. The lowest BCUT2D eigenvalue weighted by Gasteiger charge is -2.13. The third kappa shape index (κ3) is 4.09. The van der Waals surface area contributed by atoms with Crippen LogP contribution < -0.4 is 9.47 Å². The Morgan fingerprint density at radius 1 is 1.00 bits per heavy atom. The number of hydrogen-bond acceptors (Lipinski definition) is 3. The molecular formula is C18H20O3. The van der Waals surface area contributed by atoms with Gasteiger partial charge in [0.25, 0.3) is 0 Å². The van der Waals surface area contributed by atoms with Crippen LogP contribution in [0.15, 0.2) is 48.5 Å². The molecule has 0 aromatic heterocycles. The maximum atomic E-state index is 12.2. The molecule has 0 atom stereocenters. The molecule has 0 N–H and O–H groups in total. The van der Waals surface area contributed by atoms with Gasteiger partial charge in [-0.3, -0.25) is 0 Å². The van der Waals surface area contributed by atoms with Gasteiger partial charge in [-0.05, 0) is 50.1 Å². The third-order valence-electron chi connectivity index (χ3n) is 3.01. The smallest absolute Gasteiger partial charge is 0.343 e. The molecule has 0 saturated carbocycles. The first kappa shape index (κ1) is 15.1. The molecule has 0 saturated heterocycles. The number of aryl methyl sites for hydroxylation is 1. The summed E-state index contributed by atoms with van der Waals surface area (Å²) in [5.74, 6) is 0.638. The Labute approximate surface area is 125 Å². The number of esters is 1. The predicted molar refractivity (Wildman–Crippen MR) is 83.0 cm³/mol. The fourth-order valence-corrected chi connectivity index (χ4v) is 1.92. The SMILES string of the molecule is CCc1ccc(C(=O)Oc2ccccc2OC(C)C)cc1. The first-order valence-corrected chi connectivity index (χ1v) is 7.17. The van der Waals surface area contributed by atoms with Crippen LogP contribution >= 0.6 is 0 Å². The highest BCUT2D eigenvalue weighted by Crippen LogP contribution is 2.28. The molecule has 0 unspecified atom stereocenters. The molecule has 0 aliphatic rings. The summed E-state index contributed by atoms with van der Waals surface area (Å²) in [4.78, 5) is 12.2. The number of benzene rings is 2. The summed E-state index contributed by atoms with van der Waals surface area (Å²) >= 11 is 0. The highest BCUT2D eigenvalue weighted by molar-refractivity contribution is 5.91. The summed E-state index contributed by atoms with van der Waals surface area (Å²) in [6.07, 6.45) is 0.967. The van der Waals surface area contributed by atoms with Gasteiger partial charge in [0.1, 0.15) is 0 Å². The fraction of sp³-hybridized carbons (Fsp3) is 0.278. The Balaban J connectivity index is 2.15. The van der Waals surface area contributed by atoms with Gasteiger partial charge in [0.2, 0.25) is 0 Å². The molecule has 3 nitrogen and oxygen atoms in total. The molecule has 0 fully saturated rings. The quantitative estimate of drug-likeness (QED) is 0.608. The van der Waals surface area contributed by atoms with E-state index in [0.29, 0.717) is 17.1 Å². The molecule has 0 aliphatic carbocycles.